The summed E-state index contributed by atoms with van der Waals surface area (Å²) in [6.45, 7) is 6.32. The second kappa shape index (κ2) is 8.45. The van der Waals surface area contributed by atoms with Crippen molar-refractivity contribution >= 4 is 33.8 Å². The number of aromatic nitrogens is 1. The van der Waals surface area contributed by atoms with E-state index in [0.29, 0.717) is 18.3 Å². The van der Waals surface area contributed by atoms with Gasteiger partial charge in [0.15, 0.2) is 5.13 Å². The molecule has 6 heteroatoms. The first kappa shape index (κ1) is 17.9. The van der Waals surface area contributed by atoms with Crippen LogP contribution in [0.25, 0.3) is 0 Å². The Labute approximate surface area is 153 Å². The van der Waals surface area contributed by atoms with E-state index in [9.17, 15) is 4.79 Å². The van der Waals surface area contributed by atoms with Crippen LogP contribution in [-0.4, -0.2) is 24.0 Å². The molecule has 3 N–H and O–H groups in total. The summed E-state index contributed by atoms with van der Waals surface area (Å²) in [5, 5.41) is 12.6. The number of benzene rings is 1. The van der Waals surface area contributed by atoms with Crippen molar-refractivity contribution in [1.82, 2.24) is 10.3 Å². The van der Waals surface area contributed by atoms with Crippen LogP contribution in [0.2, 0.25) is 0 Å². The maximum atomic E-state index is 12.3. The predicted molar refractivity (Wildman–Crippen MR) is 105 cm³/mol. The van der Waals surface area contributed by atoms with Crippen LogP contribution in [-0.2, 0) is 4.79 Å². The highest BCUT2D eigenvalue weighted by Gasteiger charge is 2.21. The number of carbonyl (C=O) groups is 1. The molecule has 25 heavy (non-hydrogen) atoms. The first-order chi connectivity index (χ1) is 12.1. The van der Waals surface area contributed by atoms with Crippen LogP contribution in [0.3, 0.4) is 0 Å². The van der Waals surface area contributed by atoms with Crippen molar-refractivity contribution in [2.75, 3.05) is 23.7 Å². The molecule has 1 aromatic carbocycles. The largest absolute Gasteiger partial charge is 0.332 e. The fourth-order valence-electron chi connectivity index (χ4n) is 3.26. The smallest absolute Gasteiger partial charge is 0.224 e. The minimum Gasteiger partial charge on any atom is -0.332 e. The van der Waals surface area contributed by atoms with Crippen LogP contribution in [0, 0.1) is 18.8 Å². The van der Waals surface area contributed by atoms with Crippen molar-refractivity contribution < 1.29 is 4.79 Å². The molecule has 0 saturated carbocycles. The van der Waals surface area contributed by atoms with E-state index in [-0.39, 0.29) is 5.91 Å². The molecule has 1 unspecified atom stereocenters. The number of piperidine rings is 1. The second-order valence-electron chi connectivity index (χ2n) is 6.81. The Morgan fingerprint density at radius 2 is 1.96 bits per heavy atom. The number of rotatable bonds is 6. The monoisotopic (exact) mass is 358 g/mol. The molecular formula is C19H26N4OS. The van der Waals surface area contributed by atoms with E-state index in [1.807, 2.05) is 36.6 Å². The SMILES string of the molecule is Cc1csc(Nc2ccc(NC(=O)CC(C)C3CCNCC3)cc2)n1. The quantitative estimate of drug-likeness (QED) is 0.725. The first-order valence-corrected chi connectivity index (χ1v) is 9.78. The fraction of sp³-hybridized carbons (Fsp3) is 0.474. The second-order valence-corrected chi connectivity index (χ2v) is 7.67. The number of amides is 1. The topological polar surface area (TPSA) is 66.0 Å². The number of thiazole rings is 1. The van der Waals surface area contributed by atoms with Crippen LogP contribution < -0.4 is 16.0 Å². The molecular weight excluding hydrogens is 332 g/mol. The molecule has 0 spiro atoms. The van der Waals surface area contributed by atoms with Gasteiger partial charge in [-0.15, -0.1) is 11.3 Å². The van der Waals surface area contributed by atoms with Crippen LogP contribution >= 0.6 is 11.3 Å². The van der Waals surface area contributed by atoms with Gasteiger partial charge in [-0.2, -0.15) is 0 Å². The Bertz CT molecular complexity index is 692. The summed E-state index contributed by atoms with van der Waals surface area (Å²) in [5.74, 6) is 1.18. The summed E-state index contributed by atoms with van der Waals surface area (Å²) in [5.41, 5.74) is 2.82. The third kappa shape index (κ3) is 5.28. The summed E-state index contributed by atoms with van der Waals surface area (Å²) in [6, 6.07) is 7.77. The summed E-state index contributed by atoms with van der Waals surface area (Å²) in [6.07, 6.45) is 2.93. The van der Waals surface area contributed by atoms with Crippen molar-refractivity contribution in [1.29, 1.82) is 0 Å². The van der Waals surface area contributed by atoms with Crippen molar-refractivity contribution in [2.24, 2.45) is 11.8 Å². The standard InChI is InChI=1S/C19H26N4OS/c1-13(15-7-9-20-10-8-15)11-18(24)22-16-3-5-17(6-4-16)23-19-21-14(2)12-25-19/h3-6,12-13,15,20H,7-11H2,1-2H3,(H,21,23)(H,22,24). The van der Waals surface area contributed by atoms with Gasteiger partial charge in [0.05, 0.1) is 5.69 Å². The van der Waals surface area contributed by atoms with E-state index in [4.69, 9.17) is 0 Å². The van der Waals surface area contributed by atoms with Gasteiger partial charge in [0.2, 0.25) is 5.91 Å². The summed E-state index contributed by atoms with van der Waals surface area (Å²) < 4.78 is 0. The number of hydrogen-bond acceptors (Lipinski definition) is 5. The number of hydrogen-bond donors (Lipinski definition) is 3. The van der Waals surface area contributed by atoms with Gasteiger partial charge in [-0.1, -0.05) is 6.92 Å². The van der Waals surface area contributed by atoms with Gasteiger partial charge < -0.3 is 16.0 Å². The molecule has 0 aliphatic carbocycles. The lowest BCUT2D eigenvalue weighted by molar-refractivity contribution is -0.117. The molecule has 0 radical (unpaired) electrons. The van der Waals surface area contributed by atoms with E-state index in [1.165, 1.54) is 12.8 Å². The molecule has 1 amide bonds. The maximum absolute atomic E-state index is 12.3. The summed E-state index contributed by atoms with van der Waals surface area (Å²) in [4.78, 5) is 16.7. The zero-order valence-corrected chi connectivity index (χ0v) is 15.7. The van der Waals surface area contributed by atoms with Gasteiger partial charge in [-0.05, 0) is 69.0 Å². The molecule has 1 fully saturated rings. The number of nitrogens with one attached hydrogen (secondary N) is 3. The molecule has 5 nitrogen and oxygen atoms in total. The Balaban J connectivity index is 1.49. The molecule has 2 heterocycles. The molecule has 1 aliphatic heterocycles. The van der Waals surface area contributed by atoms with Gasteiger partial charge in [0.25, 0.3) is 0 Å². The summed E-state index contributed by atoms with van der Waals surface area (Å²) in [7, 11) is 0. The number of aryl methyl sites for hydroxylation is 1. The maximum Gasteiger partial charge on any atom is 0.224 e. The van der Waals surface area contributed by atoms with Gasteiger partial charge in [0, 0.05) is 23.2 Å². The highest BCUT2D eigenvalue weighted by molar-refractivity contribution is 7.13. The summed E-state index contributed by atoms with van der Waals surface area (Å²) >= 11 is 1.58. The zero-order valence-electron chi connectivity index (χ0n) is 14.8. The lowest BCUT2D eigenvalue weighted by Crippen LogP contribution is -2.32. The van der Waals surface area contributed by atoms with E-state index in [1.54, 1.807) is 11.3 Å². The van der Waals surface area contributed by atoms with E-state index < -0.39 is 0 Å². The normalized spacial score (nSPS) is 16.4. The molecule has 1 saturated heterocycles. The van der Waals surface area contributed by atoms with Gasteiger partial charge >= 0.3 is 0 Å². The van der Waals surface area contributed by atoms with Gasteiger partial charge in [0.1, 0.15) is 0 Å². The lowest BCUT2D eigenvalue weighted by atomic mass is 9.84. The molecule has 1 aliphatic rings. The first-order valence-electron chi connectivity index (χ1n) is 8.90. The minimum atomic E-state index is 0.0993. The van der Waals surface area contributed by atoms with E-state index >= 15 is 0 Å². The average Bonchev–Trinajstić information content (AvgIpc) is 3.02. The highest BCUT2D eigenvalue weighted by atomic mass is 32.1. The van der Waals surface area contributed by atoms with Gasteiger partial charge in [-0.25, -0.2) is 4.98 Å². The molecule has 134 valence electrons. The third-order valence-electron chi connectivity index (χ3n) is 4.73. The number of nitrogens with zero attached hydrogens (tertiary/aromatic N) is 1. The molecule has 1 atom stereocenters. The molecule has 1 aromatic heterocycles. The fourth-order valence-corrected chi connectivity index (χ4v) is 3.96. The van der Waals surface area contributed by atoms with Crippen LogP contribution in [0.4, 0.5) is 16.5 Å². The minimum absolute atomic E-state index is 0.0993. The van der Waals surface area contributed by atoms with Crippen LogP contribution in [0.15, 0.2) is 29.6 Å². The van der Waals surface area contributed by atoms with Crippen LogP contribution in [0.1, 0.15) is 31.9 Å². The van der Waals surface area contributed by atoms with Crippen molar-refractivity contribution in [3.8, 4) is 0 Å². The van der Waals surface area contributed by atoms with Crippen molar-refractivity contribution in [2.45, 2.75) is 33.1 Å². The van der Waals surface area contributed by atoms with Crippen molar-refractivity contribution in [3.63, 3.8) is 0 Å². The Morgan fingerprint density at radius 1 is 1.28 bits per heavy atom. The van der Waals surface area contributed by atoms with E-state index in [0.717, 1.165) is 35.3 Å². The third-order valence-corrected chi connectivity index (χ3v) is 5.61. The molecule has 2 aromatic rings. The highest BCUT2D eigenvalue weighted by Crippen LogP contribution is 2.25. The Kier molecular flexibility index (Phi) is 6.04. The van der Waals surface area contributed by atoms with Crippen molar-refractivity contribution in [3.05, 3.63) is 35.3 Å². The van der Waals surface area contributed by atoms with Crippen LogP contribution in [0.5, 0.6) is 0 Å². The number of anilines is 3. The zero-order chi connectivity index (χ0) is 17.6. The Hall–Kier alpha value is -1.92. The molecule has 0 bridgehead atoms. The molecule has 3 rings (SSSR count). The predicted octanol–water partition coefficient (Wildman–Crippen LogP) is 4.16. The van der Waals surface area contributed by atoms with Gasteiger partial charge in [-0.3, -0.25) is 4.79 Å². The van der Waals surface area contributed by atoms with E-state index in [2.05, 4.69) is 27.9 Å². The Morgan fingerprint density at radius 3 is 2.60 bits per heavy atom. The lowest BCUT2D eigenvalue weighted by Gasteiger charge is -2.27. The number of carbonyl (C=O) groups excluding carboxylic acids is 1. The average molecular weight is 359 g/mol.